The van der Waals surface area contributed by atoms with E-state index >= 15 is 0 Å². The lowest BCUT2D eigenvalue weighted by atomic mass is 11.3. The van der Waals surface area contributed by atoms with Gasteiger partial charge in [0.05, 0.1) is 0 Å². The molecule has 0 saturated carbocycles. The average Bonchev–Trinajstić information content (AvgIpc) is 1.35. The fraction of sp³-hybridized carbons (Fsp3) is 0. The monoisotopic (exact) mass is 142 g/mol. The topological polar surface area (TPSA) is 128 Å². The highest BCUT2D eigenvalue weighted by molar-refractivity contribution is 7.55. The van der Waals surface area contributed by atoms with Crippen molar-refractivity contribution >= 4 is 7.60 Å². The lowest BCUT2D eigenvalue weighted by Crippen LogP contribution is -1.63. The van der Waals surface area contributed by atoms with Crippen molar-refractivity contribution in [2.24, 2.45) is 0 Å². The summed E-state index contributed by atoms with van der Waals surface area (Å²) in [5.41, 5.74) is 0. The second-order valence-electron chi connectivity index (χ2n) is 0.772. The van der Waals surface area contributed by atoms with Gasteiger partial charge in [-0.05, 0) is 0 Å². The average molecular weight is 142 g/mol. The van der Waals surface area contributed by atoms with Gasteiger partial charge < -0.3 is 22.1 Å². The molecule has 0 spiro atoms. The third kappa shape index (κ3) is 17.0. The maximum atomic E-state index is 9.58. The standard InChI is InChI=1S/C2H5O3P.2H3N/c1-2-6(3,4)5;;/h2H,1H2,(H2,3,4,5);2*1H3. The number of hydrogen-bond donors (Lipinski definition) is 4. The highest BCUT2D eigenvalue weighted by Crippen LogP contribution is 2.34. The third-order valence-corrected chi connectivity index (χ3v) is 0.714. The Hall–Kier alpha value is -0.190. The van der Waals surface area contributed by atoms with Crippen LogP contribution in [0.15, 0.2) is 12.4 Å². The van der Waals surface area contributed by atoms with Gasteiger partial charge in [-0.25, -0.2) is 0 Å². The molecule has 0 rings (SSSR count). The minimum atomic E-state index is -3.88. The normalized spacial score (nSPS) is 8.25. The smallest absolute Gasteiger partial charge is 0.344 e. The van der Waals surface area contributed by atoms with Gasteiger partial charge in [0, 0.05) is 5.82 Å². The maximum Gasteiger partial charge on any atom is 0.348 e. The van der Waals surface area contributed by atoms with E-state index in [-0.39, 0.29) is 12.3 Å². The second kappa shape index (κ2) is 4.96. The van der Waals surface area contributed by atoms with Crippen LogP contribution in [-0.4, -0.2) is 9.79 Å². The molecule has 5 nitrogen and oxygen atoms in total. The van der Waals surface area contributed by atoms with Crippen molar-refractivity contribution in [2.45, 2.75) is 0 Å². The van der Waals surface area contributed by atoms with Crippen LogP contribution in [0.5, 0.6) is 0 Å². The zero-order valence-electron chi connectivity index (χ0n) is 4.45. The summed E-state index contributed by atoms with van der Waals surface area (Å²) < 4.78 is 9.58. The summed E-state index contributed by atoms with van der Waals surface area (Å²) in [6.45, 7) is 2.87. The molecule has 6 heteroatoms. The molecule has 0 radical (unpaired) electrons. The molecule has 8 N–H and O–H groups in total. The Labute approximate surface area is 47.7 Å². The molecule has 0 heterocycles. The molecular weight excluding hydrogens is 131 g/mol. The molecule has 0 aliphatic heterocycles. The Bertz CT molecular complexity index is 97.5. The van der Waals surface area contributed by atoms with Gasteiger partial charge in [0.25, 0.3) is 0 Å². The van der Waals surface area contributed by atoms with E-state index in [4.69, 9.17) is 9.79 Å². The summed E-state index contributed by atoms with van der Waals surface area (Å²) in [6, 6.07) is 0. The van der Waals surface area contributed by atoms with Crippen molar-refractivity contribution in [3.05, 3.63) is 12.4 Å². The molecule has 0 saturated heterocycles. The molecule has 0 aliphatic rings. The Balaban J connectivity index is -0.000000125. The molecular formula is C2H11N2O3P. The minimum absolute atomic E-state index is 0. The van der Waals surface area contributed by atoms with Crippen molar-refractivity contribution < 1.29 is 14.4 Å². The molecule has 0 bridgehead atoms. The molecule has 0 unspecified atom stereocenters. The maximum absolute atomic E-state index is 9.58. The van der Waals surface area contributed by atoms with Crippen LogP contribution in [-0.2, 0) is 4.57 Å². The second-order valence-corrected chi connectivity index (χ2v) is 2.31. The van der Waals surface area contributed by atoms with E-state index in [1.54, 1.807) is 0 Å². The highest BCUT2D eigenvalue weighted by Gasteiger charge is 2.00. The molecule has 0 aromatic carbocycles. The predicted molar refractivity (Wildman–Crippen MR) is 32.3 cm³/mol. The van der Waals surface area contributed by atoms with Crippen LogP contribution in [0.3, 0.4) is 0 Å². The van der Waals surface area contributed by atoms with Gasteiger partial charge >= 0.3 is 7.60 Å². The Morgan fingerprint density at radius 2 is 1.50 bits per heavy atom. The molecule has 0 fully saturated rings. The fourth-order valence-corrected chi connectivity index (χ4v) is 0. The first-order valence-corrected chi connectivity index (χ1v) is 2.93. The van der Waals surface area contributed by atoms with Crippen molar-refractivity contribution in [3.63, 3.8) is 0 Å². The number of hydrogen-bond acceptors (Lipinski definition) is 3. The fourth-order valence-electron chi connectivity index (χ4n) is 0. The summed E-state index contributed by atoms with van der Waals surface area (Å²) >= 11 is 0. The zero-order valence-corrected chi connectivity index (χ0v) is 5.34. The molecule has 0 aromatic rings. The van der Waals surface area contributed by atoms with Gasteiger partial charge in [-0.2, -0.15) is 0 Å². The molecule has 0 amide bonds. The lowest BCUT2D eigenvalue weighted by Gasteiger charge is -1.87. The Morgan fingerprint density at radius 1 is 1.38 bits per heavy atom. The van der Waals surface area contributed by atoms with Gasteiger partial charge in [0.1, 0.15) is 0 Å². The summed E-state index contributed by atoms with van der Waals surface area (Å²) in [7, 11) is -3.88. The molecule has 0 aromatic heterocycles. The van der Waals surface area contributed by atoms with Crippen LogP contribution in [0.1, 0.15) is 0 Å². The van der Waals surface area contributed by atoms with E-state index < -0.39 is 7.60 Å². The van der Waals surface area contributed by atoms with Crippen molar-refractivity contribution in [1.29, 1.82) is 0 Å². The Kier molecular flexibility index (Phi) is 9.70. The van der Waals surface area contributed by atoms with E-state index in [2.05, 4.69) is 6.58 Å². The van der Waals surface area contributed by atoms with E-state index in [1.807, 2.05) is 0 Å². The van der Waals surface area contributed by atoms with Crippen LogP contribution in [0.4, 0.5) is 0 Å². The van der Waals surface area contributed by atoms with Crippen LogP contribution >= 0.6 is 7.60 Å². The van der Waals surface area contributed by atoms with Crippen LogP contribution in [0.2, 0.25) is 0 Å². The Morgan fingerprint density at radius 3 is 1.50 bits per heavy atom. The first-order valence-electron chi connectivity index (χ1n) is 1.25. The summed E-state index contributed by atoms with van der Waals surface area (Å²) in [6.07, 6.45) is 0. The summed E-state index contributed by atoms with van der Waals surface area (Å²) in [4.78, 5) is 15.6. The van der Waals surface area contributed by atoms with E-state index in [0.29, 0.717) is 5.82 Å². The van der Waals surface area contributed by atoms with Crippen molar-refractivity contribution in [2.75, 3.05) is 0 Å². The van der Waals surface area contributed by atoms with Crippen LogP contribution in [0.25, 0.3) is 0 Å². The largest absolute Gasteiger partial charge is 0.348 e. The highest BCUT2D eigenvalue weighted by atomic mass is 31.2. The minimum Gasteiger partial charge on any atom is -0.344 e. The van der Waals surface area contributed by atoms with Gasteiger partial charge in [-0.3, -0.25) is 4.57 Å². The quantitative estimate of drug-likeness (QED) is 0.399. The molecule has 52 valence electrons. The third-order valence-electron chi connectivity index (χ3n) is 0.238. The van der Waals surface area contributed by atoms with Gasteiger partial charge in [0.15, 0.2) is 0 Å². The number of rotatable bonds is 1. The molecule has 8 heavy (non-hydrogen) atoms. The van der Waals surface area contributed by atoms with E-state index in [9.17, 15) is 4.57 Å². The first kappa shape index (κ1) is 15.7. The van der Waals surface area contributed by atoms with Gasteiger partial charge in [-0.1, -0.05) is 6.58 Å². The van der Waals surface area contributed by atoms with Crippen molar-refractivity contribution in [3.8, 4) is 0 Å². The van der Waals surface area contributed by atoms with Crippen molar-refractivity contribution in [1.82, 2.24) is 12.3 Å². The summed E-state index contributed by atoms with van der Waals surface area (Å²) in [5, 5.41) is 0. The summed E-state index contributed by atoms with van der Waals surface area (Å²) in [5.74, 6) is 0.604. The zero-order chi connectivity index (χ0) is 5.21. The van der Waals surface area contributed by atoms with Gasteiger partial charge in [0.2, 0.25) is 0 Å². The molecule has 0 aliphatic carbocycles. The van der Waals surface area contributed by atoms with Gasteiger partial charge in [-0.15, -0.1) is 0 Å². The SMILES string of the molecule is C=CP(=O)(O)O.N.N. The van der Waals surface area contributed by atoms with E-state index in [1.165, 1.54) is 0 Å². The van der Waals surface area contributed by atoms with Crippen LogP contribution < -0.4 is 12.3 Å². The first-order chi connectivity index (χ1) is 2.56. The molecule has 0 atom stereocenters. The lowest BCUT2D eigenvalue weighted by molar-refractivity contribution is 0.386. The predicted octanol–water partition coefficient (Wildman–Crippen LogP) is 0.632. The van der Waals surface area contributed by atoms with E-state index in [0.717, 1.165) is 0 Å². The van der Waals surface area contributed by atoms with Crippen LogP contribution in [0, 0.1) is 0 Å².